The number of nitrogens with two attached hydrogens (primary N) is 2. The Kier molecular flexibility index (Phi) is 11.6. The number of carbonyl (C=O) groups is 2. The largest absolute Gasteiger partial charge is 1.00 e. The van der Waals surface area contributed by atoms with Crippen LogP contribution in [-0.2, 0) is 4.74 Å². The van der Waals surface area contributed by atoms with Gasteiger partial charge in [-0.1, -0.05) is 0 Å². The van der Waals surface area contributed by atoms with Gasteiger partial charge in [-0.3, -0.25) is 0 Å². The summed E-state index contributed by atoms with van der Waals surface area (Å²) in [4.78, 5) is 21.3. The van der Waals surface area contributed by atoms with Gasteiger partial charge in [0.1, 0.15) is 34.4 Å². The van der Waals surface area contributed by atoms with Crippen molar-refractivity contribution in [2.24, 2.45) is 0 Å². The van der Waals surface area contributed by atoms with Gasteiger partial charge in [0.05, 0.1) is 6.61 Å². The number of carboxylic acids is 1. The first-order valence-corrected chi connectivity index (χ1v) is 6.97. The van der Waals surface area contributed by atoms with E-state index in [1.165, 1.54) is 0 Å². The Balaban J connectivity index is 0. The molecule has 0 saturated heterocycles. The first-order valence-electron chi connectivity index (χ1n) is 6.97. The first-order chi connectivity index (χ1) is 12.1. The molecule has 2 aromatic rings. The fourth-order valence-electron chi connectivity index (χ4n) is 1.79. The molecule has 28 heavy (non-hydrogen) atoms. The van der Waals surface area contributed by atoms with Crippen LogP contribution in [0.3, 0.4) is 0 Å². The van der Waals surface area contributed by atoms with Crippen LogP contribution in [0.2, 0.25) is 0 Å². The number of carbonyl (C=O) groups excluding carboxylic acids is 1. The van der Waals surface area contributed by atoms with Crippen LogP contribution in [0.25, 0.3) is 0 Å². The molecule has 12 heteroatoms. The minimum Gasteiger partial charge on any atom is -0.870 e. The molecule has 0 aliphatic rings. The van der Waals surface area contributed by atoms with Crippen molar-refractivity contribution < 1.29 is 61.3 Å². The molecule has 0 aromatic heterocycles. The van der Waals surface area contributed by atoms with Crippen molar-refractivity contribution in [3.8, 4) is 0 Å². The SMILES string of the molecule is CCOC(=O)c1c(F)cc(N)cc1F.Nc1cc(F)c(C(=O)O)c(F)c1.[Li+].[OH-]. The maximum Gasteiger partial charge on any atom is 1.00 e. The molecule has 148 valence electrons. The van der Waals surface area contributed by atoms with E-state index < -0.39 is 46.3 Å². The van der Waals surface area contributed by atoms with Gasteiger partial charge < -0.3 is 26.8 Å². The molecule has 0 unspecified atom stereocenters. The fourth-order valence-corrected chi connectivity index (χ4v) is 1.79. The standard InChI is InChI=1S/C9H9F2NO2.C7H5F2NO2.Li.H2O/c1-2-14-9(13)8-6(10)3-5(12)4-7(8)11;8-4-1-3(10)2-5(9)6(4)7(11)12;;/h3-4H,2,12H2,1H3;1-2H,10H2,(H,11,12);;1H2/q;;+1;/p-1. The Morgan fingerprint density at radius 3 is 1.50 bits per heavy atom. The van der Waals surface area contributed by atoms with Gasteiger partial charge in [0.15, 0.2) is 0 Å². The third-order valence-corrected chi connectivity index (χ3v) is 2.82. The molecule has 0 fully saturated rings. The number of carboxylic acid groups (broad SMARTS) is 1. The molecule has 2 aromatic carbocycles. The summed E-state index contributed by atoms with van der Waals surface area (Å²) in [5.74, 6) is -7.03. The van der Waals surface area contributed by atoms with Crippen LogP contribution in [0.5, 0.6) is 0 Å². The van der Waals surface area contributed by atoms with Crippen LogP contribution >= 0.6 is 0 Å². The minimum absolute atomic E-state index is 0. The topological polar surface area (TPSA) is 146 Å². The molecule has 6 N–H and O–H groups in total. The molecule has 0 spiro atoms. The van der Waals surface area contributed by atoms with Crippen molar-refractivity contribution in [1.29, 1.82) is 0 Å². The quantitative estimate of drug-likeness (QED) is 0.281. The van der Waals surface area contributed by atoms with Gasteiger partial charge in [0.25, 0.3) is 0 Å². The summed E-state index contributed by atoms with van der Waals surface area (Å²) in [5.41, 5.74) is 8.32. The van der Waals surface area contributed by atoms with Crippen LogP contribution in [0.1, 0.15) is 27.6 Å². The van der Waals surface area contributed by atoms with Crippen LogP contribution in [0.15, 0.2) is 24.3 Å². The summed E-state index contributed by atoms with van der Waals surface area (Å²) in [6, 6.07) is 3.25. The Hall–Kier alpha value is -2.74. The fraction of sp³-hybridized carbons (Fsp3) is 0.125. The van der Waals surface area contributed by atoms with Crippen LogP contribution < -0.4 is 30.3 Å². The molecule has 0 radical (unpaired) electrons. The number of hydrogen-bond acceptors (Lipinski definition) is 6. The maximum absolute atomic E-state index is 13.1. The normalized spacial score (nSPS) is 9.18. The van der Waals surface area contributed by atoms with E-state index in [4.69, 9.17) is 16.6 Å². The van der Waals surface area contributed by atoms with Crippen LogP contribution in [0, 0.1) is 23.3 Å². The van der Waals surface area contributed by atoms with E-state index in [0.29, 0.717) is 0 Å². The summed E-state index contributed by atoms with van der Waals surface area (Å²) in [5, 5.41) is 8.32. The van der Waals surface area contributed by atoms with E-state index in [1.54, 1.807) is 6.92 Å². The third kappa shape index (κ3) is 7.11. The molecule has 0 amide bonds. The Morgan fingerprint density at radius 1 is 0.893 bits per heavy atom. The number of nitrogen functional groups attached to an aromatic ring is 2. The van der Waals surface area contributed by atoms with Gasteiger partial charge in [-0.25, -0.2) is 27.2 Å². The first kappa shape index (κ1) is 27.5. The molecule has 0 heterocycles. The molecule has 0 aliphatic carbocycles. The van der Waals surface area contributed by atoms with E-state index in [0.717, 1.165) is 24.3 Å². The van der Waals surface area contributed by atoms with E-state index >= 15 is 0 Å². The number of esters is 1. The third-order valence-electron chi connectivity index (χ3n) is 2.82. The number of hydrogen-bond donors (Lipinski definition) is 3. The minimum atomic E-state index is -1.65. The number of aromatic carboxylic acids is 1. The number of rotatable bonds is 3. The number of ether oxygens (including phenoxy) is 1. The van der Waals surface area contributed by atoms with Gasteiger partial charge >= 0.3 is 30.8 Å². The Labute approximate surface area is 168 Å². The van der Waals surface area contributed by atoms with Crippen molar-refractivity contribution >= 4 is 23.3 Å². The Bertz CT molecular complexity index is 806. The van der Waals surface area contributed by atoms with Gasteiger partial charge in [-0.15, -0.1) is 0 Å². The molecular weight excluding hydrogens is 383 g/mol. The smallest absolute Gasteiger partial charge is 0.870 e. The number of benzene rings is 2. The van der Waals surface area contributed by atoms with E-state index in [1.807, 2.05) is 0 Å². The molecule has 7 nitrogen and oxygen atoms in total. The molecule has 0 aliphatic heterocycles. The molecular formula is C16H15F4LiN2O5. The van der Waals surface area contributed by atoms with E-state index in [9.17, 15) is 27.2 Å². The van der Waals surface area contributed by atoms with Crippen molar-refractivity contribution in [3.05, 3.63) is 58.7 Å². The second-order valence-corrected chi connectivity index (χ2v) is 4.74. The van der Waals surface area contributed by atoms with Crippen molar-refractivity contribution in [1.82, 2.24) is 0 Å². The zero-order chi connectivity index (χ0) is 20.0. The second-order valence-electron chi connectivity index (χ2n) is 4.74. The molecule has 2 rings (SSSR count). The molecule has 0 bridgehead atoms. The van der Waals surface area contributed by atoms with Gasteiger partial charge in [-0.2, -0.15) is 0 Å². The monoisotopic (exact) mass is 398 g/mol. The van der Waals surface area contributed by atoms with Crippen molar-refractivity contribution in [3.63, 3.8) is 0 Å². The Morgan fingerprint density at radius 2 is 1.21 bits per heavy atom. The second kappa shape index (κ2) is 11.9. The van der Waals surface area contributed by atoms with Gasteiger partial charge in [0, 0.05) is 11.4 Å². The van der Waals surface area contributed by atoms with Gasteiger partial charge in [-0.05, 0) is 31.2 Å². The van der Waals surface area contributed by atoms with Crippen molar-refractivity contribution in [2.75, 3.05) is 18.1 Å². The van der Waals surface area contributed by atoms with Crippen LogP contribution in [0.4, 0.5) is 28.9 Å². The zero-order valence-corrected chi connectivity index (χ0v) is 14.8. The van der Waals surface area contributed by atoms with E-state index in [-0.39, 0.29) is 42.3 Å². The number of halogens is 4. The summed E-state index contributed by atoms with van der Waals surface area (Å²) in [6.07, 6.45) is 0. The molecule has 0 saturated carbocycles. The van der Waals surface area contributed by atoms with E-state index in [2.05, 4.69) is 4.74 Å². The van der Waals surface area contributed by atoms with Crippen molar-refractivity contribution in [2.45, 2.75) is 6.92 Å². The molecule has 0 atom stereocenters. The van der Waals surface area contributed by atoms with Gasteiger partial charge in [0.2, 0.25) is 0 Å². The predicted molar refractivity (Wildman–Crippen MR) is 86.4 cm³/mol. The predicted octanol–water partition coefficient (Wildman–Crippen LogP) is -0.204. The number of anilines is 2. The summed E-state index contributed by atoms with van der Waals surface area (Å²) >= 11 is 0. The summed E-state index contributed by atoms with van der Waals surface area (Å²) < 4.78 is 55.9. The average molecular weight is 398 g/mol. The summed E-state index contributed by atoms with van der Waals surface area (Å²) in [7, 11) is 0. The summed E-state index contributed by atoms with van der Waals surface area (Å²) in [6.45, 7) is 1.60. The average Bonchev–Trinajstić information content (AvgIpc) is 2.45. The van der Waals surface area contributed by atoms with Crippen LogP contribution in [-0.4, -0.2) is 29.1 Å². The maximum atomic E-state index is 13.1. The zero-order valence-electron chi connectivity index (χ0n) is 14.8.